The molecule has 0 saturated carbocycles. The van der Waals surface area contributed by atoms with Gasteiger partial charge in [-0.05, 0) is 25.0 Å². The summed E-state index contributed by atoms with van der Waals surface area (Å²) >= 11 is 0. The fourth-order valence-electron chi connectivity index (χ4n) is 2.37. The van der Waals surface area contributed by atoms with Crippen LogP contribution in [0.3, 0.4) is 0 Å². The minimum atomic E-state index is 0.229. The van der Waals surface area contributed by atoms with Crippen molar-refractivity contribution < 1.29 is 4.79 Å². The highest BCUT2D eigenvalue weighted by molar-refractivity contribution is 5.77. The van der Waals surface area contributed by atoms with Crippen LogP contribution in [0.25, 0.3) is 11.0 Å². The van der Waals surface area contributed by atoms with Gasteiger partial charge < -0.3 is 4.90 Å². The van der Waals surface area contributed by atoms with Crippen LogP contribution < -0.4 is 0 Å². The predicted molar refractivity (Wildman–Crippen MR) is 67.7 cm³/mol. The van der Waals surface area contributed by atoms with E-state index in [0.29, 0.717) is 13.1 Å². The zero-order chi connectivity index (χ0) is 12.4. The summed E-state index contributed by atoms with van der Waals surface area (Å²) < 4.78 is 1.80. The second kappa shape index (κ2) is 4.76. The maximum Gasteiger partial charge on any atom is 0.224 e. The minimum absolute atomic E-state index is 0.229. The molecule has 3 rings (SSSR count). The van der Waals surface area contributed by atoms with Gasteiger partial charge in [0.2, 0.25) is 5.91 Å². The van der Waals surface area contributed by atoms with Gasteiger partial charge in [-0.15, -0.1) is 5.10 Å². The molecule has 5 heteroatoms. The van der Waals surface area contributed by atoms with E-state index < -0.39 is 0 Å². The van der Waals surface area contributed by atoms with Crippen molar-refractivity contribution in [3.63, 3.8) is 0 Å². The summed E-state index contributed by atoms with van der Waals surface area (Å²) in [6, 6.07) is 7.82. The molecule has 2 heterocycles. The van der Waals surface area contributed by atoms with E-state index in [0.717, 1.165) is 36.8 Å². The summed E-state index contributed by atoms with van der Waals surface area (Å²) in [5.41, 5.74) is 1.86. The Kier molecular flexibility index (Phi) is 2.96. The van der Waals surface area contributed by atoms with E-state index in [2.05, 4.69) is 10.3 Å². The van der Waals surface area contributed by atoms with Crippen LogP contribution in [0.4, 0.5) is 0 Å². The number of amides is 1. The third kappa shape index (κ3) is 2.08. The molecule has 0 unspecified atom stereocenters. The Balaban J connectivity index is 1.85. The zero-order valence-corrected chi connectivity index (χ0v) is 10.2. The van der Waals surface area contributed by atoms with Gasteiger partial charge in [-0.3, -0.25) is 4.79 Å². The maximum absolute atomic E-state index is 11.9. The molecule has 5 nitrogen and oxygen atoms in total. The SMILES string of the molecule is O=C1CCCCCN1Cn1nnc2ccccc21. The van der Waals surface area contributed by atoms with E-state index in [-0.39, 0.29) is 5.91 Å². The lowest BCUT2D eigenvalue weighted by Gasteiger charge is -2.20. The highest BCUT2D eigenvalue weighted by atomic mass is 16.2. The third-order valence-corrected chi connectivity index (χ3v) is 3.40. The fraction of sp³-hybridized carbons (Fsp3) is 0.462. The zero-order valence-electron chi connectivity index (χ0n) is 10.2. The Labute approximate surface area is 105 Å². The van der Waals surface area contributed by atoms with Gasteiger partial charge in [0.05, 0.1) is 5.52 Å². The molecule has 18 heavy (non-hydrogen) atoms. The Hall–Kier alpha value is -1.91. The topological polar surface area (TPSA) is 51.0 Å². The van der Waals surface area contributed by atoms with Crippen molar-refractivity contribution in [2.75, 3.05) is 6.54 Å². The Bertz CT molecular complexity index is 563. The van der Waals surface area contributed by atoms with Crippen molar-refractivity contribution >= 4 is 16.9 Å². The molecule has 1 aliphatic rings. The first-order valence-corrected chi connectivity index (χ1v) is 6.40. The van der Waals surface area contributed by atoms with Crippen molar-refractivity contribution in [2.24, 2.45) is 0 Å². The molecule has 0 spiro atoms. The molecule has 0 atom stereocenters. The number of carbonyl (C=O) groups excluding carboxylic acids is 1. The van der Waals surface area contributed by atoms with E-state index in [1.54, 1.807) is 4.68 Å². The van der Waals surface area contributed by atoms with Gasteiger partial charge in [0.1, 0.15) is 12.2 Å². The number of likely N-dealkylation sites (tertiary alicyclic amines) is 1. The molecule has 94 valence electrons. The number of hydrogen-bond acceptors (Lipinski definition) is 3. The molecule has 1 amide bonds. The second-order valence-electron chi connectivity index (χ2n) is 4.69. The van der Waals surface area contributed by atoms with Crippen LogP contribution in [0.15, 0.2) is 24.3 Å². The number of carbonyl (C=O) groups is 1. The summed E-state index contributed by atoms with van der Waals surface area (Å²) in [6.07, 6.45) is 3.89. The molecule has 0 N–H and O–H groups in total. The summed E-state index contributed by atoms with van der Waals surface area (Å²) in [7, 11) is 0. The average Bonchev–Trinajstić information content (AvgIpc) is 2.69. The molecule has 2 aromatic rings. The lowest BCUT2D eigenvalue weighted by atomic mass is 10.2. The van der Waals surface area contributed by atoms with E-state index in [9.17, 15) is 4.79 Å². The Morgan fingerprint density at radius 3 is 3.00 bits per heavy atom. The monoisotopic (exact) mass is 244 g/mol. The van der Waals surface area contributed by atoms with Crippen molar-refractivity contribution in [3.8, 4) is 0 Å². The van der Waals surface area contributed by atoms with E-state index >= 15 is 0 Å². The molecule has 0 radical (unpaired) electrons. The molecule has 1 fully saturated rings. The van der Waals surface area contributed by atoms with Crippen LogP contribution in [0.2, 0.25) is 0 Å². The van der Waals surface area contributed by atoms with Crippen molar-refractivity contribution in [1.82, 2.24) is 19.9 Å². The first-order valence-electron chi connectivity index (χ1n) is 6.40. The molecule has 0 aliphatic carbocycles. The van der Waals surface area contributed by atoms with Crippen LogP contribution >= 0.6 is 0 Å². The van der Waals surface area contributed by atoms with Gasteiger partial charge in [0.25, 0.3) is 0 Å². The summed E-state index contributed by atoms with van der Waals surface area (Å²) in [5, 5.41) is 8.23. The highest BCUT2D eigenvalue weighted by Gasteiger charge is 2.17. The number of aromatic nitrogens is 3. The lowest BCUT2D eigenvalue weighted by molar-refractivity contribution is -0.132. The molecule has 1 aliphatic heterocycles. The first-order chi connectivity index (χ1) is 8.84. The number of hydrogen-bond donors (Lipinski definition) is 0. The van der Waals surface area contributed by atoms with Gasteiger partial charge >= 0.3 is 0 Å². The first kappa shape index (κ1) is 11.2. The standard InChI is InChI=1S/C13H16N4O/c18-13-8-2-1-5-9-16(13)10-17-12-7-4-3-6-11(12)14-15-17/h3-4,6-7H,1-2,5,8-10H2. The molecule has 1 saturated heterocycles. The van der Waals surface area contributed by atoms with E-state index in [1.165, 1.54) is 0 Å². The van der Waals surface area contributed by atoms with Crippen molar-refractivity contribution in [1.29, 1.82) is 0 Å². The molecular formula is C13H16N4O. The lowest BCUT2D eigenvalue weighted by Crippen LogP contribution is -2.32. The quantitative estimate of drug-likeness (QED) is 0.809. The summed E-state index contributed by atoms with van der Waals surface area (Å²) in [5.74, 6) is 0.229. The normalized spacial score (nSPS) is 17.1. The number of benzene rings is 1. The average molecular weight is 244 g/mol. The maximum atomic E-state index is 11.9. The van der Waals surface area contributed by atoms with Gasteiger partial charge in [0, 0.05) is 13.0 Å². The molecule has 1 aromatic carbocycles. The number of nitrogens with zero attached hydrogens (tertiary/aromatic N) is 4. The molecular weight excluding hydrogens is 228 g/mol. The third-order valence-electron chi connectivity index (χ3n) is 3.40. The van der Waals surface area contributed by atoms with Gasteiger partial charge in [0.15, 0.2) is 0 Å². The Morgan fingerprint density at radius 1 is 1.17 bits per heavy atom. The van der Waals surface area contributed by atoms with Crippen molar-refractivity contribution in [3.05, 3.63) is 24.3 Å². The van der Waals surface area contributed by atoms with E-state index in [1.807, 2.05) is 29.2 Å². The number of fused-ring (bicyclic) bond motifs is 1. The van der Waals surface area contributed by atoms with Crippen LogP contribution in [0, 0.1) is 0 Å². The van der Waals surface area contributed by atoms with Crippen molar-refractivity contribution in [2.45, 2.75) is 32.4 Å². The van der Waals surface area contributed by atoms with Gasteiger partial charge in [-0.2, -0.15) is 0 Å². The van der Waals surface area contributed by atoms with E-state index in [4.69, 9.17) is 0 Å². The van der Waals surface area contributed by atoms with Crippen LogP contribution in [0.5, 0.6) is 0 Å². The largest absolute Gasteiger partial charge is 0.323 e. The highest BCUT2D eigenvalue weighted by Crippen LogP contribution is 2.14. The van der Waals surface area contributed by atoms with Gasteiger partial charge in [-0.1, -0.05) is 23.8 Å². The Morgan fingerprint density at radius 2 is 2.06 bits per heavy atom. The molecule has 1 aromatic heterocycles. The smallest absolute Gasteiger partial charge is 0.224 e. The minimum Gasteiger partial charge on any atom is -0.323 e. The van der Waals surface area contributed by atoms with Crippen LogP contribution in [0.1, 0.15) is 25.7 Å². The van der Waals surface area contributed by atoms with Crippen LogP contribution in [-0.2, 0) is 11.5 Å². The number of para-hydroxylation sites is 1. The van der Waals surface area contributed by atoms with Gasteiger partial charge in [-0.25, -0.2) is 4.68 Å². The number of rotatable bonds is 2. The molecule has 0 bridgehead atoms. The van der Waals surface area contributed by atoms with Crippen LogP contribution in [-0.4, -0.2) is 32.3 Å². The summed E-state index contributed by atoms with van der Waals surface area (Å²) in [4.78, 5) is 13.8. The fourth-order valence-corrected chi connectivity index (χ4v) is 2.37. The predicted octanol–water partition coefficient (Wildman–Crippen LogP) is 1.79. The summed E-state index contributed by atoms with van der Waals surface area (Å²) in [6.45, 7) is 1.34. The second-order valence-corrected chi connectivity index (χ2v) is 4.69.